The van der Waals surface area contributed by atoms with E-state index in [9.17, 15) is 14.9 Å². The fraction of sp³-hybridized carbons (Fsp3) is 0.607. The summed E-state index contributed by atoms with van der Waals surface area (Å²) >= 11 is 0. The highest BCUT2D eigenvalue weighted by Crippen LogP contribution is 2.33. The minimum Gasteiger partial charge on any atom is -0.329 e. The third-order valence-corrected chi connectivity index (χ3v) is 8.47. The normalized spacial score (nSPS) is 31.7. The molecule has 2 amide bonds. The number of nitrogens with zero attached hydrogens (tertiary/aromatic N) is 2. The molecular weight excluding hydrogens is 424 g/mol. The summed E-state index contributed by atoms with van der Waals surface area (Å²) in [6, 6.07) is 9.40. The maximum absolute atomic E-state index is 13.0. The molecule has 180 valence electrons. The molecule has 1 unspecified atom stereocenters. The van der Waals surface area contributed by atoms with E-state index in [0.29, 0.717) is 31.0 Å². The lowest BCUT2D eigenvalue weighted by Crippen LogP contribution is -2.49. The van der Waals surface area contributed by atoms with Crippen molar-refractivity contribution in [3.63, 3.8) is 0 Å². The van der Waals surface area contributed by atoms with Crippen molar-refractivity contribution in [3.8, 4) is 6.07 Å². The number of hydrogen-bond donors (Lipinski definition) is 2. The standard InChI is InChI=1S/C28H36N4O2/c1-18-6-13-26(27(33)30-18)32-17-22-15-20(9-12-24(22)28(32)34)14-21-4-2-3-5-25(21)31-23-10-7-19(16-29)8-11-23/h9,12,15,19,21,23,25-26,31H,1-8,10-11,13-14,17H2,(H,30,33)/t19-,21-,23-,25+,26?/m1/s1. The fourth-order valence-electron chi connectivity index (χ4n) is 6.50. The lowest BCUT2D eigenvalue weighted by atomic mass is 9.79. The highest BCUT2D eigenvalue weighted by Gasteiger charge is 2.38. The molecule has 0 radical (unpaired) electrons. The average molecular weight is 461 g/mol. The number of nitriles is 1. The van der Waals surface area contributed by atoms with Crippen LogP contribution in [0.1, 0.15) is 85.7 Å². The summed E-state index contributed by atoms with van der Waals surface area (Å²) in [5, 5.41) is 16.0. The van der Waals surface area contributed by atoms with E-state index in [1.165, 1.54) is 31.2 Å². The van der Waals surface area contributed by atoms with Gasteiger partial charge in [-0.2, -0.15) is 5.26 Å². The molecule has 1 aromatic carbocycles. The number of hydrogen-bond acceptors (Lipinski definition) is 4. The van der Waals surface area contributed by atoms with Gasteiger partial charge in [-0.1, -0.05) is 31.6 Å². The van der Waals surface area contributed by atoms with E-state index in [1.54, 1.807) is 4.90 Å². The molecule has 6 nitrogen and oxygen atoms in total. The van der Waals surface area contributed by atoms with Gasteiger partial charge < -0.3 is 15.5 Å². The highest BCUT2D eigenvalue weighted by molar-refractivity contribution is 6.01. The fourth-order valence-corrected chi connectivity index (χ4v) is 6.50. The molecule has 2 saturated carbocycles. The number of nitrogens with one attached hydrogen (secondary N) is 2. The van der Waals surface area contributed by atoms with Crippen LogP contribution >= 0.6 is 0 Å². The predicted molar refractivity (Wildman–Crippen MR) is 131 cm³/mol. The van der Waals surface area contributed by atoms with Crippen LogP contribution in [-0.4, -0.2) is 34.8 Å². The monoisotopic (exact) mass is 460 g/mol. The second-order valence-corrected chi connectivity index (χ2v) is 10.8. The Hall–Kier alpha value is -2.65. The molecule has 6 heteroatoms. The molecule has 2 N–H and O–H groups in total. The first-order valence-corrected chi connectivity index (χ1v) is 13.1. The highest BCUT2D eigenvalue weighted by atomic mass is 16.2. The maximum atomic E-state index is 13.0. The first kappa shape index (κ1) is 23.1. The Morgan fingerprint density at radius 1 is 1.09 bits per heavy atom. The minimum atomic E-state index is -0.406. The van der Waals surface area contributed by atoms with Crippen LogP contribution < -0.4 is 10.6 Å². The summed E-state index contributed by atoms with van der Waals surface area (Å²) < 4.78 is 0. The Morgan fingerprint density at radius 3 is 2.65 bits per heavy atom. The van der Waals surface area contributed by atoms with Gasteiger partial charge >= 0.3 is 0 Å². The summed E-state index contributed by atoms with van der Waals surface area (Å²) in [6.07, 6.45) is 11.7. The van der Waals surface area contributed by atoms with E-state index in [4.69, 9.17) is 0 Å². The van der Waals surface area contributed by atoms with Gasteiger partial charge in [-0.3, -0.25) is 9.59 Å². The number of amides is 2. The van der Waals surface area contributed by atoms with Crippen molar-refractivity contribution in [1.82, 2.24) is 15.5 Å². The molecule has 0 aromatic heterocycles. The smallest absolute Gasteiger partial charge is 0.255 e. The third kappa shape index (κ3) is 4.77. The quantitative estimate of drug-likeness (QED) is 0.689. The van der Waals surface area contributed by atoms with Crippen molar-refractivity contribution in [3.05, 3.63) is 47.2 Å². The van der Waals surface area contributed by atoms with E-state index in [0.717, 1.165) is 55.3 Å². The number of carbonyl (C=O) groups excluding carboxylic acids is 2. The van der Waals surface area contributed by atoms with Crippen LogP contribution in [0.3, 0.4) is 0 Å². The maximum Gasteiger partial charge on any atom is 0.255 e. The number of carbonyl (C=O) groups is 2. The van der Waals surface area contributed by atoms with Gasteiger partial charge in [0.05, 0.1) is 6.07 Å². The number of benzene rings is 1. The number of rotatable bonds is 5. The molecule has 3 fully saturated rings. The molecule has 4 aliphatic rings. The van der Waals surface area contributed by atoms with Gasteiger partial charge in [-0.15, -0.1) is 0 Å². The Labute approximate surface area is 202 Å². The van der Waals surface area contributed by atoms with E-state index in [2.05, 4.69) is 35.4 Å². The Balaban J connectivity index is 1.23. The third-order valence-electron chi connectivity index (χ3n) is 8.47. The lowest BCUT2D eigenvalue weighted by Gasteiger charge is -2.37. The van der Waals surface area contributed by atoms with Crippen molar-refractivity contribution in [1.29, 1.82) is 5.26 Å². The van der Waals surface area contributed by atoms with Crippen LogP contribution in [0.5, 0.6) is 0 Å². The van der Waals surface area contributed by atoms with Crippen molar-refractivity contribution < 1.29 is 9.59 Å². The van der Waals surface area contributed by atoms with Crippen molar-refractivity contribution >= 4 is 11.8 Å². The number of allylic oxidation sites excluding steroid dienone is 1. The van der Waals surface area contributed by atoms with Gasteiger partial charge in [-0.05, 0) is 80.9 Å². The van der Waals surface area contributed by atoms with Gasteiger partial charge in [0, 0.05) is 35.8 Å². The van der Waals surface area contributed by atoms with E-state index >= 15 is 0 Å². The van der Waals surface area contributed by atoms with Crippen molar-refractivity contribution in [2.75, 3.05) is 0 Å². The molecule has 5 rings (SSSR count). The first-order chi connectivity index (χ1) is 16.5. The van der Waals surface area contributed by atoms with Gasteiger partial charge in [-0.25, -0.2) is 0 Å². The molecule has 3 atom stereocenters. The second-order valence-electron chi connectivity index (χ2n) is 10.8. The molecule has 0 bridgehead atoms. The average Bonchev–Trinajstić information content (AvgIpc) is 3.16. The van der Waals surface area contributed by atoms with Crippen LogP contribution in [0, 0.1) is 23.2 Å². The van der Waals surface area contributed by atoms with Crippen LogP contribution in [0.15, 0.2) is 30.5 Å². The number of piperidine rings is 1. The predicted octanol–water partition coefficient (Wildman–Crippen LogP) is 4.21. The minimum absolute atomic E-state index is 0.0283. The summed E-state index contributed by atoms with van der Waals surface area (Å²) in [5.41, 5.74) is 3.83. The topological polar surface area (TPSA) is 85.2 Å². The molecular formula is C28H36N4O2. The van der Waals surface area contributed by atoms with E-state index in [-0.39, 0.29) is 17.7 Å². The number of fused-ring (bicyclic) bond motifs is 1. The molecule has 1 saturated heterocycles. The lowest BCUT2D eigenvalue weighted by molar-refractivity contribution is -0.126. The summed E-state index contributed by atoms with van der Waals surface area (Å²) in [5.74, 6) is 0.702. The molecule has 34 heavy (non-hydrogen) atoms. The molecule has 2 heterocycles. The summed E-state index contributed by atoms with van der Waals surface area (Å²) in [6.45, 7) is 4.36. The zero-order chi connectivity index (χ0) is 23.7. The second kappa shape index (κ2) is 9.92. The van der Waals surface area contributed by atoms with Crippen LogP contribution in [0.2, 0.25) is 0 Å². The zero-order valence-electron chi connectivity index (χ0n) is 20.0. The molecule has 2 aliphatic heterocycles. The Bertz CT molecular complexity index is 1000. The van der Waals surface area contributed by atoms with Gasteiger partial charge in [0.25, 0.3) is 5.91 Å². The summed E-state index contributed by atoms with van der Waals surface area (Å²) in [4.78, 5) is 27.2. The summed E-state index contributed by atoms with van der Waals surface area (Å²) in [7, 11) is 0. The van der Waals surface area contributed by atoms with E-state index in [1.807, 2.05) is 6.07 Å². The SMILES string of the molecule is C=C1CCC(N2Cc3cc(C[C@H]4CCCC[C@@H]4N[C@H]4CC[C@H](C#N)CC4)ccc3C2=O)C(=O)N1. The van der Waals surface area contributed by atoms with Gasteiger partial charge in [0.15, 0.2) is 0 Å². The Kier molecular flexibility index (Phi) is 6.74. The van der Waals surface area contributed by atoms with Crippen molar-refractivity contribution in [2.45, 2.75) is 95.3 Å². The largest absolute Gasteiger partial charge is 0.329 e. The molecule has 0 spiro atoms. The van der Waals surface area contributed by atoms with Gasteiger partial charge in [0.2, 0.25) is 5.91 Å². The van der Waals surface area contributed by atoms with Gasteiger partial charge in [0.1, 0.15) is 6.04 Å². The van der Waals surface area contributed by atoms with Crippen LogP contribution in [-0.2, 0) is 17.8 Å². The van der Waals surface area contributed by atoms with Crippen molar-refractivity contribution in [2.24, 2.45) is 11.8 Å². The zero-order valence-corrected chi connectivity index (χ0v) is 20.0. The molecule has 1 aromatic rings. The van der Waals surface area contributed by atoms with E-state index < -0.39 is 6.04 Å². The Morgan fingerprint density at radius 2 is 1.88 bits per heavy atom. The van der Waals surface area contributed by atoms with Crippen LogP contribution in [0.4, 0.5) is 0 Å². The molecule has 2 aliphatic carbocycles. The van der Waals surface area contributed by atoms with Crippen LogP contribution in [0.25, 0.3) is 0 Å². The first-order valence-electron chi connectivity index (χ1n) is 13.1.